The minimum atomic E-state index is -0.171. The van der Waals surface area contributed by atoms with Crippen molar-refractivity contribution in [3.8, 4) is 0 Å². The van der Waals surface area contributed by atoms with Gasteiger partial charge in [-0.25, -0.2) is 4.98 Å². The summed E-state index contributed by atoms with van der Waals surface area (Å²) in [5.41, 5.74) is 0.526. The minimum absolute atomic E-state index is 0.0153. The van der Waals surface area contributed by atoms with Gasteiger partial charge in [0.1, 0.15) is 4.60 Å². The van der Waals surface area contributed by atoms with Crippen molar-refractivity contribution >= 4 is 27.7 Å². The number of hydrogen-bond donors (Lipinski definition) is 0. The Hall–Kier alpha value is -1.43. The van der Waals surface area contributed by atoms with Crippen molar-refractivity contribution in [2.75, 3.05) is 26.7 Å². The Morgan fingerprint density at radius 2 is 2.11 bits per heavy atom. The third kappa shape index (κ3) is 3.53. The zero-order valence-corrected chi connectivity index (χ0v) is 12.4. The number of likely N-dealkylation sites (tertiary alicyclic amines) is 1. The van der Waals surface area contributed by atoms with Gasteiger partial charge in [-0.2, -0.15) is 0 Å². The summed E-state index contributed by atoms with van der Waals surface area (Å²) in [7, 11) is 1.64. The van der Waals surface area contributed by atoms with Crippen LogP contribution in [0.2, 0.25) is 0 Å². The number of aromatic nitrogens is 1. The second-order valence-corrected chi connectivity index (χ2v) is 5.43. The Kier molecular flexibility index (Phi) is 4.52. The highest BCUT2D eigenvalue weighted by atomic mass is 79.9. The average molecular weight is 326 g/mol. The van der Waals surface area contributed by atoms with Gasteiger partial charge in [-0.1, -0.05) is 0 Å². The molecule has 6 heteroatoms. The van der Waals surface area contributed by atoms with Crippen LogP contribution in [0.1, 0.15) is 23.2 Å². The summed E-state index contributed by atoms with van der Waals surface area (Å²) in [4.78, 5) is 31.4. The number of nitrogens with zero attached hydrogens (tertiary/aromatic N) is 3. The van der Waals surface area contributed by atoms with Crippen LogP contribution in [0.25, 0.3) is 0 Å². The van der Waals surface area contributed by atoms with E-state index in [-0.39, 0.29) is 18.4 Å². The standard InChI is InChI=1S/C13H16BrN3O2/c1-16(9-12(18)17-6-2-3-7-17)13(19)10-4-5-15-11(14)8-10/h4-5,8H,2-3,6-7,9H2,1H3. The van der Waals surface area contributed by atoms with Gasteiger partial charge in [-0.15, -0.1) is 0 Å². The maximum absolute atomic E-state index is 12.2. The smallest absolute Gasteiger partial charge is 0.254 e. The number of pyridine rings is 1. The number of likely N-dealkylation sites (N-methyl/N-ethyl adjacent to an activating group) is 1. The van der Waals surface area contributed by atoms with Gasteiger partial charge in [-0.3, -0.25) is 9.59 Å². The van der Waals surface area contributed by atoms with Gasteiger partial charge in [0, 0.05) is 31.9 Å². The number of rotatable bonds is 3. The van der Waals surface area contributed by atoms with Crippen LogP contribution in [0.4, 0.5) is 0 Å². The predicted molar refractivity (Wildman–Crippen MR) is 74.7 cm³/mol. The van der Waals surface area contributed by atoms with Crippen molar-refractivity contribution in [3.63, 3.8) is 0 Å². The molecule has 0 saturated carbocycles. The highest BCUT2D eigenvalue weighted by molar-refractivity contribution is 9.10. The molecule has 1 fully saturated rings. The summed E-state index contributed by atoms with van der Waals surface area (Å²) >= 11 is 3.23. The van der Waals surface area contributed by atoms with E-state index in [9.17, 15) is 9.59 Å². The molecule has 1 saturated heterocycles. The highest BCUT2D eigenvalue weighted by Crippen LogP contribution is 2.11. The van der Waals surface area contributed by atoms with Crippen LogP contribution >= 0.6 is 15.9 Å². The molecule has 0 bridgehead atoms. The third-order valence-corrected chi connectivity index (χ3v) is 3.59. The van der Waals surface area contributed by atoms with Crippen molar-refractivity contribution in [1.29, 1.82) is 0 Å². The lowest BCUT2D eigenvalue weighted by Gasteiger charge is -2.21. The molecular weight excluding hydrogens is 310 g/mol. The number of carbonyl (C=O) groups excluding carboxylic acids is 2. The van der Waals surface area contributed by atoms with Crippen LogP contribution in [0.15, 0.2) is 22.9 Å². The molecule has 1 aromatic heterocycles. The quantitative estimate of drug-likeness (QED) is 0.792. The summed E-state index contributed by atoms with van der Waals surface area (Å²) in [6, 6.07) is 3.29. The van der Waals surface area contributed by atoms with E-state index >= 15 is 0 Å². The Morgan fingerprint density at radius 3 is 2.74 bits per heavy atom. The van der Waals surface area contributed by atoms with E-state index in [0.717, 1.165) is 25.9 Å². The lowest BCUT2D eigenvalue weighted by atomic mass is 10.2. The molecule has 19 heavy (non-hydrogen) atoms. The van der Waals surface area contributed by atoms with E-state index < -0.39 is 0 Å². The largest absolute Gasteiger partial charge is 0.341 e. The molecule has 102 valence electrons. The van der Waals surface area contributed by atoms with E-state index in [0.29, 0.717) is 10.2 Å². The molecule has 2 heterocycles. The minimum Gasteiger partial charge on any atom is -0.341 e. The number of halogens is 1. The maximum Gasteiger partial charge on any atom is 0.254 e. The predicted octanol–water partition coefficient (Wildman–Crippen LogP) is 1.54. The van der Waals surface area contributed by atoms with Crippen LogP contribution in [0.5, 0.6) is 0 Å². The molecule has 0 aliphatic carbocycles. The third-order valence-electron chi connectivity index (χ3n) is 3.15. The molecule has 1 aromatic rings. The van der Waals surface area contributed by atoms with Crippen molar-refractivity contribution in [3.05, 3.63) is 28.5 Å². The Balaban J connectivity index is 1.97. The van der Waals surface area contributed by atoms with E-state index in [1.165, 1.54) is 4.90 Å². The molecule has 0 N–H and O–H groups in total. The van der Waals surface area contributed by atoms with Gasteiger partial charge < -0.3 is 9.80 Å². The second-order valence-electron chi connectivity index (χ2n) is 4.62. The fraction of sp³-hybridized carbons (Fsp3) is 0.462. The first-order valence-electron chi connectivity index (χ1n) is 6.23. The molecule has 0 aromatic carbocycles. The summed E-state index contributed by atoms with van der Waals surface area (Å²) in [5.74, 6) is -0.155. The molecular formula is C13H16BrN3O2. The van der Waals surface area contributed by atoms with Crippen molar-refractivity contribution in [2.45, 2.75) is 12.8 Å². The maximum atomic E-state index is 12.2. The molecule has 2 amide bonds. The van der Waals surface area contributed by atoms with Crippen LogP contribution in [-0.4, -0.2) is 53.3 Å². The summed E-state index contributed by atoms with van der Waals surface area (Å²) < 4.78 is 0.609. The van der Waals surface area contributed by atoms with Crippen LogP contribution in [-0.2, 0) is 4.79 Å². The molecule has 0 atom stereocenters. The molecule has 2 rings (SSSR count). The fourth-order valence-corrected chi connectivity index (χ4v) is 2.46. The number of carbonyl (C=O) groups is 2. The highest BCUT2D eigenvalue weighted by Gasteiger charge is 2.21. The fourth-order valence-electron chi connectivity index (χ4n) is 2.10. The van der Waals surface area contributed by atoms with Gasteiger partial charge in [-0.05, 0) is 40.9 Å². The Labute approximate surface area is 120 Å². The SMILES string of the molecule is CN(CC(=O)N1CCCC1)C(=O)c1ccnc(Br)c1. The molecule has 1 aliphatic rings. The topological polar surface area (TPSA) is 53.5 Å². The number of amides is 2. The Morgan fingerprint density at radius 1 is 1.42 bits per heavy atom. The summed E-state index contributed by atoms with van der Waals surface area (Å²) in [5, 5.41) is 0. The average Bonchev–Trinajstić information content (AvgIpc) is 2.91. The normalized spacial score (nSPS) is 14.5. The first kappa shape index (κ1) is 14.0. The van der Waals surface area contributed by atoms with Gasteiger partial charge in [0.15, 0.2) is 0 Å². The zero-order chi connectivity index (χ0) is 13.8. The van der Waals surface area contributed by atoms with Crippen molar-refractivity contribution in [2.24, 2.45) is 0 Å². The van der Waals surface area contributed by atoms with E-state index in [2.05, 4.69) is 20.9 Å². The van der Waals surface area contributed by atoms with Crippen LogP contribution in [0, 0.1) is 0 Å². The van der Waals surface area contributed by atoms with Crippen molar-refractivity contribution in [1.82, 2.24) is 14.8 Å². The Bertz CT molecular complexity index is 487. The van der Waals surface area contributed by atoms with Gasteiger partial charge in [0.05, 0.1) is 6.54 Å². The van der Waals surface area contributed by atoms with E-state index in [1.807, 2.05) is 4.90 Å². The molecule has 5 nitrogen and oxygen atoms in total. The number of hydrogen-bond acceptors (Lipinski definition) is 3. The monoisotopic (exact) mass is 325 g/mol. The first-order chi connectivity index (χ1) is 9.08. The van der Waals surface area contributed by atoms with Crippen LogP contribution < -0.4 is 0 Å². The summed E-state index contributed by atoms with van der Waals surface area (Å²) in [6.07, 6.45) is 3.68. The first-order valence-corrected chi connectivity index (χ1v) is 7.02. The van der Waals surface area contributed by atoms with Crippen LogP contribution in [0.3, 0.4) is 0 Å². The van der Waals surface area contributed by atoms with E-state index in [4.69, 9.17) is 0 Å². The molecule has 0 unspecified atom stereocenters. The lowest BCUT2D eigenvalue weighted by molar-refractivity contribution is -0.130. The van der Waals surface area contributed by atoms with Gasteiger partial charge >= 0.3 is 0 Å². The molecule has 1 aliphatic heterocycles. The zero-order valence-electron chi connectivity index (χ0n) is 10.8. The molecule has 0 spiro atoms. The lowest BCUT2D eigenvalue weighted by Crippen LogP contribution is -2.39. The summed E-state index contributed by atoms with van der Waals surface area (Å²) in [6.45, 7) is 1.74. The second kappa shape index (κ2) is 6.14. The van der Waals surface area contributed by atoms with Crippen molar-refractivity contribution < 1.29 is 9.59 Å². The van der Waals surface area contributed by atoms with E-state index in [1.54, 1.807) is 25.4 Å². The van der Waals surface area contributed by atoms with Gasteiger partial charge in [0.25, 0.3) is 5.91 Å². The molecule has 0 radical (unpaired) electrons. The van der Waals surface area contributed by atoms with Gasteiger partial charge in [0.2, 0.25) is 5.91 Å².